The van der Waals surface area contributed by atoms with E-state index in [0.717, 1.165) is 16.8 Å². The first-order valence-corrected chi connectivity index (χ1v) is 9.99. The van der Waals surface area contributed by atoms with Gasteiger partial charge >= 0.3 is 0 Å². The highest BCUT2D eigenvalue weighted by Gasteiger charge is 2.22. The third-order valence-electron chi connectivity index (χ3n) is 3.85. The van der Waals surface area contributed by atoms with Crippen LogP contribution in [-0.2, 0) is 21.4 Å². The molecule has 27 heavy (non-hydrogen) atoms. The van der Waals surface area contributed by atoms with Crippen LogP contribution in [0.4, 0.5) is 5.69 Å². The standard InChI is InChI=1S/C17H20ClN3O5S/c1-3-21(4-2)27(25,26)13-6-8-17(24)20(10-13)11-16(23)19-14-9-12(18)5-7-15(14)22/h5-10,22H,3-4,11H2,1-2H3,(H,19,23). The predicted molar refractivity (Wildman–Crippen MR) is 103 cm³/mol. The number of pyridine rings is 1. The fourth-order valence-electron chi connectivity index (χ4n) is 2.45. The van der Waals surface area contributed by atoms with Crippen LogP contribution in [0.3, 0.4) is 0 Å². The molecule has 2 N–H and O–H groups in total. The van der Waals surface area contributed by atoms with Gasteiger partial charge in [0.05, 0.1) is 10.6 Å². The van der Waals surface area contributed by atoms with Crippen molar-refractivity contribution < 1.29 is 18.3 Å². The number of nitrogens with one attached hydrogen (secondary N) is 1. The van der Waals surface area contributed by atoms with Gasteiger partial charge in [-0.05, 0) is 24.3 Å². The number of aromatic hydroxyl groups is 1. The number of aromatic nitrogens is 1. The molecule has 0 aliphatic carbocycles. The Morgan fingerprint density at radius 2 is 1.89 bits per heavy atom. The molecule has 8 nitrogen and oxygen atoms in total. The number of hydrogen-bond donors (Lipinski definition) is 2. The Bertz CT molecular complexity index is 1000. The van der Waals surface area contributed by atoms with E-state index in [1.807, 2.05) is 0 Å². The summed E-state index contributed by atoms with van der Waals surface area (Å²) in [5.41, 5.74) is -0.438. The minimum atomic E-state index is -3.76. The highest BCUT2D eigenvalue weighted by Crippen LogP contribution is 2.26. The average Bonchev–Trinajstić information content (AvgIpc) is 2.60. The molecule has 1 aromatic carbocycles. The molecule has 1 heterocycles. The number of anilines is 1. The summed E-state index contributed by atoms with van der Waals surface area (Å²) in [6, 6.07) is 6.45. The molecule has 0 fully saturated rings. The molecule has 0 saturated heterocycles. The number of sulfonamides is 1. The van der Waals surface area contributed by atoms with Crippen molar-refractivity contribution in [2.75, 3.05) is 18.4 Å². The molecular formula is C17H20ClN3O5S. The van der Waals surface area contributed by atoms with Gasteiger partial charge in [-0.1, -0.05) is 25.4 Å². The Morgan fingerprint density at radius 1 is 1.22 bits per heavy atom. The maximum atomic E-state index is 12.6. The fourth-order valence-corrected chi connectivity index (χ4v) is 4.10. The van der Waals surface area contributed by atoms with E-state index < -0.39 is 28.0 Å². The van der Waals surface area contributed by atoms with Gasteiger partial charge in [0.2, 0.25) is 15.9 Å². The van der Waals surface area contributed by atoms with Gasteiger partial charge in [0, 0.05) is 30.4 Å². The Hall–Kier alpha value is -2.36. The van der Waals surface area contributed by atoms with Crippen molar-refractivity contribution in [1.29, 1.82) is 0 Å². The molecule has 0 spiro atoms. The number of amides is 1. The molecular weight excluding hydrogens is 394 g/mol. The number of carbonyl (C=O) groups is 1. The summed E-state index contributed by atoms with van der Waals surface area (Å²) in [5.74, 6) is -0.801. The quantitative estimate of drug-likeness (QED) is 0.673. The lowest BCUT2D eigenvalue weighted by Crippen LogP contribution is -2.33. The molecule has 0 aliphatic heterocycles. The van der Waals surface area contributed by atoms with E-state index in [-0.39, 0.29) is 29.4 Å². The topological polar surface area (TPSA) is 109 Å². The summed E-state index contributed by atoms with van der Waals surface area (Å²) < 4.78 is 27.4. The van der Waals surface area contributed by atoms with Crippen molar-refractivity contribution in [2.24, 2.45) is 0 Å². The van der Waals surface area contributed by atoms with E-state index in [1.54, 1.807) is 13.8 Å². The van der Waals surface area contributed by atoms with Crippen molar-refractivity contribution in [3.8, 4) is 5.75 Å². The van der Waals surface area contributed by atoms with E-state index >= 15 is 0 Å². The second-order valence-corrected chi connectivity index (χ2v) is 8.00. The summed E-state index contributed by atoms with van der Waals surface area (Å²) in [6.45, 7) is 3.56. The summed E-state index contributed by atoms with van der Waals surface area (Å²) in [7, 11) is -3.76. The Morgan fingerprint density at radius 3 is 2.52 bits per heavy atom. The summed E-state index contributed by atoms with van der Waals surface area (Å²) in [5, 5.41) is 12.5. The van der Waals surface area contributed by atoms with Crippen LogP contribution in [0.5, 0.6) is 5.75 Å². The molecule has 0 atom stereocenters. The number of hydrogen-bond acceptors (Lipinski definition) is 5. The third kappa shape index (κ3) is 4.88. The zero-order chi connectivity index (χ0) is 20.2. The maximum Gasteiger partial charge on any atom is 0.251 e. The summed E-state index contributed by atoms with van der Waals surface area (Å²) >= 11 is 5.82. The smallest absolute Gasteiger partial charge is 0.251 e. The van der Waals surface area contributed by atoms with Gasteiger partial charge < -0.3 is 15.0 Å². The van der Waals surface area contributed by atoms with Crippen LogP contribution in [0.25, 0.3) is 0 Å². The van der Waals surface area contributed by atoms with Crippen molar-refractivity contribution in [3.63, 3.8) is 0 Å². The van der Waals surface area contributed by atoms with Crippen molar-refractivity contribution >= 4 is 33.2 Å². The zero-order valence-electron chi connectivity index (χ0n) is 14.8. The predicted octanol–water partition coefficient (Wildman–Crippen LogP) is 1.88. The second-order valence-electron chi connectivity index (χ2n) is 5.63. The first-order chi connectivity index (χ1) is 12.7. The number of phenolic OH excluding ortho intramolecular Hbond substituents is 1. The summed E-state index contributed by atoms with van der Waals surface area (Å²) in [6.07, 6.45) is 1.13. The number of benzene rings is 1. The van der Waals surface area contributed by atoms with Gasteiger partial charge in [-0.2, -0.15) is 4.31 Å². The molecule has 2 rings (SSSR count). The molecule has 1 aromatic heterocycles. The first kappa shape index (κ1) is 20.9. The SMILES string of the molecule is CCN(CC)S(=O)(=O)c1ccc(=O)n(CC(=O)Nc2cc(Cl)ccc2O)c1. The molecule has 2 aromatic rings. The molecule has 0 aliphatic rings. The average molecular weight is 414 g/mol. The highest BCUT2D eigenvalue weighted by molar-refractivity contribution is 7.89. The Labute approximate surface area is 162 Å². The minimum Gasteiger partial charge on any atom is -0.506 e. The van der Waals surface area contributed by atoms with Gasteiger partial charge in [0.25, 0.3) is 5.56 Å². The fraction of sp³-hybridized carbons (Fsp3) is 0.294. The van der Waals surface area contributed by atoms with E-state index in [9.17, 15) is 23.1 Å². The van der Waals surface area contributed by atoms with Crippen LogP contribution in [0.2, 0.25) is 5.02 Å². The van der Waals surface area contributed by atoms with Crippen LogP contribution in [0.1, 0.15) is 13.8 Å². The monoisotopic (exact) mass is 413 g/mol. The van der Waals surface area contributed by atoms with Gasteiger partial charge in [0.15, 0.2) is 0 Å². The van der Waals surface area contributed by atoms with Crippen LogP contribution in [0.15, 0.2) is 46.2 Å². The lowest BCUT2D eigenvalue weighted by Gasteiger charge is -2.19. The number of nitrogens with zero attached hydrogens (tertiary/aromatic N) is 2. The van der Waals surface area contributed by atoms with Crippen LogP contribution >= 0.6 is 11.6 Å². The molecule has 0 saturated carbocycles. The maximum absolute atomic E-state index is 12.6. The number of halogens is 1. The molecule has 1 amide bonds. The lowest BCUT2D eigenvalue weighted by molar-refractivity contribution is -0.116. The molecule has 0 radical (unpaired) electrons. The zero-order valence-corrected chi connectivity index (χ0v) is 16.4. The second kappa shape index (κ2) is 8.55. The largest absolute Gasteiger partial charge is 0.506 e. The van der Waals surface area contributed by atoms with Crippen LogP contribution in [-0.4, -0.2) is 41.4 Å². The normalized spacial score (nSPS) is 11.6. The lowest BCUT2D eigenvalue weighted by atomic mass is 10.3. The van der Waals surface area contributed by atoms with Crippen LogP contribution < -0.4 is 10.9 Å². The minimum absolute atomic E-state index is 0.0794. The number of carbonyl (C=O) groups excluding carboxylic acids is 1. The van der Waals surface area contributed by atoms with E-state index in [2.05, 4.69) is 5.32 Å². The molecule has 0 unspecified atom stereocenters. The third-order valence-corrected chi connectivity index (χ3v) is 6.11. The van der Waals surface area contributed by atoms with E-state index in [4.69, 9.17) is 11.6 Å². The van der Waals surface area contributed by atoms with Gasteiger partial charge in [-0.3, -0.25) is 9.59 Å². The van der Waals surface area contributed by atoms with Crippen molar-refractivity contribution in [3.05, 3.63) is 51.9 Å². The number of rotatable bonds is 7. The van der Waals surface area contributed by atoms with Crippen molar-refractivity contribution in [2.45, 2.75) is 25.3 Å². The number of phenols is 1. The van der Waals surface area contributed by atoms with Crippen molar-refractivity contribution in [1.82, 2.24) is 8.87 Å². The van der Waals surface area contributed by atoms with E-state index in [0.29, 0.717) is 5.02 Å². The highest BCUT2D eigenvalue weighted by atomic mass is 35.5. The van der Waals surface area contributed by atoms with Gasteiger partial charge in [0.1, 0.15) is 12.3 Å². The first-order valence-electron chi connectivity index (χ1n) is 8.18. The Balaban J connectivity index is 2.27. The molecule has 0 bridgehead atoms. The molecule has 10 heteroatoms. The Kier molecular flexibility index (Phi) is 6.63. The molecule has 146 valence electrons. The van der Waals surface area contributed by atoms with E-state index in [1.165, 1.54) is 28.6 Å². The van der Waals surface area contributed by atoms with Gasteiger partial charge in [-0.25, -0.2) is 8.42 Å². The summed E-state index contributed by atoms with van der Waals surface area (Å²) in [4.78, 5) is 24.2. The van der Waals surface area contributed by atoms with Crippen LogP contribution in [0, 0.1) is 0 Å². The van der Waals surface area contributed by atoms with Gasteiger partial charge in [-0.15, -0.1) is 0 Å².